The second-order valence-electron chi connectivity index (χ2n) is 9.48. The second-order valence-corrected chi connectivity index (χ2v) is 9.48. The highest BCUT2D eigenvalue weighted by Gasteiger charge is 2.24. The summed E-state index contributed by atoms with van der Waals surface area (Å²) < 4.78 is 2.09. The predicted octanol–water partition coefficient (Wildman–Crippen LogP) is 2.64. The summed E-state index contributed by atoms with van der Waals surface area (Å²) >= 11 is 0. The van der Waals surface area contributed by atoms with Crippen molar-refractivity contribution < 1.29 is 0 Å². The van der Waals surface area contributed by atoms with Gasteiger partial charge >= 0.3 is 0 Å². The van der Waals surface area contributed by atoms with E-state index in [0.29, 0.717) is 17.9 Å². The maximum atomic E-state index is 4.96. The molecule has 2 aliphatic heterocycles. The fourth-order valence-electron chi connectivity index (χ4n) is 4.41. The van der Waals surface area contributed by atoms with E-state index in [1.165, 1.54) is 32.5 Å². The van der Waals surface area contributed by atoms with Gasteiger partial charge in [-0.15, -0.1) is 0 Å². The van der Waals surface area contributed by atoms with Gasteiger partial charge in [-0.3, -0.25) is 4.99 Å². The minimum absolute atomic E-state index is 0.353. The van der Waals surface area contributed by atoms with E-state index in [9.17, 15) is 0 Å². The fraction of sp³-hybridized carbons (Fsp3) is 0.864. The zero-order valence-electron chi connectivity index (χ0n) is 19.1. The van der Waals surface area contributed by atoms with Crippen LogP contribution in [0.5, 0.6) is 0 Å². The lowest BCUT2D eigenvalue weighted by molar-refractivity contribution is 0.162. The molecule has 0 spiro atoms. The standard InChI is InChI=1S/C22H41N7/c1-6-23-22(24-12-18-8-7-11-28(14-18)13-16(2)3)25-19-9-10-20-26-21(17(4)5)27-29(20)15-19/h16-19H,6-15H2,1-5H3,(H2,23,24,25). The first-order chi connectivity index (χ1) is 13.9. The molecule has 3 rings (SSSR count). The third-order valence-electron chi connectivity index (χ3n) is 5.81. The van der Waals surface area contributed by atoms with Gasteiger partial charge in [0.1, 0.15) is 5.82 Å². The monoisotopic (exact) mass is 403 g/mol. The van der Waals surface area contributed by atoms with Gasteiger partial charge in [-0.1, -0.05) is 27.7 Å². The first kappa shape index (κ1) is 22.1. The Morgan fingerprint density at radius 3 is 2.76 bits per heavy atom. The minimum Gasteiger partial charge on any atom is -0.357 e. The van der Waals surface area contributed by atoms with Gasteiger partial charge < -0.3 is 15.5 Å². The molecule has 1 aromatic rings. The van der Waals surface area contributed by atoms with E-state index in [-0.39, 0.29) is 0 Å². The highest BCUT2D eigenvalue weighted by molar-refractivity contribution is 5.80. The molecule has 0 radical (unpaired) electrons. The molecule has 7 heteroatoms. The molecule has 3 heterocycles. The number of nitrogens with zero attached hydrogens (tertiary/aromatic N) is 5. The molecular formula is C22H41N7. The zero-order chi connectivity index (χ0) is 20.8. The molecule has 1 aromatic heterocycles. The minimum atomic E-state index is 0.353. The van der Waals surface area contributed by atoms with Crippen molar-refractivity contribution in [3.8, 4) is 0 Å². The van der Waals surface area contributed by atoms with Gasteiger partial charge in [0.2, 0.25) is 0 Å². The summed E-state index contributed by atoms with van der Waals surface area (Å²) in [5, 5.41) is 11.8. The summed E-state index contributed by atoms with van der Waals surface area (Å²) in [6, 6.07) is 0.353. The largest absolute Gasteiger partial charge is 0.357 e. The lowest BCUT2D eigenvalue weighted by Gasteiger charge is -2.33. The third kappa shape index (κ3) is 6.43. The fourth-order valence-corrected chi connectivity index (χ4v) is 4.41. The Bertz CT molecular complexity index is 664. The van der Waals surface area contributed by atoms with Gasteiger partial charge in [0.05, 0.1) is 6.54 Å². The van der Waals surface area contributed by atoms with E-state index in [0.717, 1.165) is 56.0 Å². The summed E-state index contributed by atoms with van der Waals surface area (Å²) in [7, 11) is 0. The zero-order valence-corrected chi connectivity index (χ0v) is 19.1. The van der Waals surface area contributed by atoms with Crippen LogP contribution in [0.25, 0.3) is 0 Å². The average molecular weight is 404 g/mol. The second kappa shape index (κ2) is 10.4. The predicted molar refractivity (Wildman–Crippen MR) is 119 cm³/mol. The number of hydrogen-bond acceptors (Lipinski definition) is 4. The van der Waals surface area contributed by atoms with Gasteiger partial charge in [-0.25, -0.2) is 9.67 Å². The molecule has 2 unspecified atom stereocenters. The quantitative estimate of drug-likeness (QED) is 0.541. The molecule has 0 amide bonds. The van der Waals surface area contributed by atoms with Crippen molar-refractivity contribution in [1.29, 1.82) is 0 Å². The van der Waals surface area contributed by atoms with E-state index in [2.05, 4.69) is 54.8 Å². The maximum absolute atomic E-state index is 4.96. The van der Waals surface area contributed by atoms with E-state index in [1.54, 1.807) is 0 Å². The third-order valence-corrected chi connectivity index (χ3v) is 5.81. The van der Waals surface area contributed by atoms with Crippen LogP contribution in [0.1, 0.15) is 71.4 Å². The lowest BCUT2D eigenvalue weighted by atomic mass is 9.97. The average Bonchev–Trinajstić information content (AvgIpc) is 3.10. The molecule has 0 saturated carbocycles. The van der Waals surface area contributed by atoms with Crippen LogP contribution in [-0.4, -0.2) is 64.4 Å². The number of hydrogen-bond donors (Lipinski definition) is 2. The number of piperidine rings is 1. The van der Waals surface area contributed by atoms with Crippen molar-refractivity contribution in [2.45, 2.75) is 78.8 Å². The van der Waals surface area contributed by atoms with Crippen molar-refractivity contribution in [2.24, 2.45) is 16.8 Å². The summed E-state index contributed by atoms with van der Waals surface area (Å²) in [5.41, 5.74) is 0. The molecule has 0 bridgehead atoms. The van der Waals surface area contributed by atoms with E-state index in [4.69, 9.17) is 15.1 Å². The number of guanidine groups is 1. The first-order valence-electron chi connectivity index (χ1n) is 11.6. The Kier molecular flexibility index (Phi) is 7.92. The van der Waals surface area contributed by atoms with Crippen LogP contribution in [0.4, 0.5) is 0 Å². The van der Waals surface area contributed by atoms with E-state index in [1.807, 2.05) is 0 Å². The Balaban J connectivity index is 1.55. The van der Waals surface area contributed by atoms with Gasteiger partial charge in [-0.05, 0) is 44.6 Å². The number of aliphatic imine (C=N–C) groups is 1. The van der Waals surface area contributed by atoms with Gasteiger partial charge in [0, 0.05) is 44.6 Å². The molecule has 164 valence electrons. The summed E-state index contributed by atoms with van der Waals surface area (Å²) in [6.07, 6.45) is 4.64. The Hall–Kier alpha value is -1.63. The van der Waals surface area contributed by atoms with Crippen LogP contribution < -0.4 is 10.6 Å². The SMILES string of the molecule is CCNC(=NCC1CCCN(CC(C)C)C1)NC1CCc2nc(C(C)C)nn2C1. The van der Waals surface area contributed by atoms with Crippen LogP contribution in [0.3, 0.4) is 0 Å². The van der Waals surface area contributed by atoms with E-state index >= 15 is 0 Å². The first-order valence-corrected chi connectivity index (χ1v) is 11.6. The molecule has 29 heavy (non-hydrogen) atoms. The van der Waals surface area contributed by atoms with Crippen molar-refractivity contribution in [2.75, 3.05) is 32.7 Å². The number of rotatable bonds is 7. The van der Waals surface area contributed by atoms with Crippen LogP contribution in [0.2, 0.25) is 0 Å². The van der Waals surface area contributed by atoms with Crippen LogP contribution in [-0.2, 0) is 13.0 Å². The number of aryl methyl sites for hydroxylation is 1. The normalized spacial score (nSPS) is 23.5. The highest BCUT2D eigenvalue weighted by atomic mass is 15.4. The van der Waals surface area contributed by atoms with Crippen molar-refractivity contribution in [3.63, 3.8) is 0 Å². The van der Waals surface area contributed by atoms with Gasteiger partial charge in [0.15, 0.2) is 11.8 Å². The molecule has 2 atom stereocenters. The van der Waals surface area contributed by atoms with Crippen molar-refractivity contribution in [1.82, 2.24) is 30.3 Å². The van der Waals surface area contributed by atoms with Crippen molar-refractivity contribution in [3.05, 3.63) is 11.6 Å². The molecule has 2 aliphatic rings. The van der Waals surface area contributed by atoms with E-state index < -0.39 is 0 Å². The number of likely N-dealkylation sites (tertiary alicyclic amines) is 1. The summed E-state index contributed by atoms with van der Waals surface area (Å²) in [6.45, 7) is 17.4. The number of aromatic nitrogens is 3. The smallest absolute Gasteiger partial charge is 0.191 e. The maximum Gasteiger partial charge on any atom is 0.191 e. The topological polar surface area (TPSA) is 70.4 Å². The number of fused-ring (bicyclic) bond motifs is 1. The Morgan fingerprint density at radius 2 is 2.03 bits per heavy atom. The summed E-state index contributed by atoms with van der Waals surface area (Å²) in [4.78, 5) is 12.3. The summed E-state index contributed by atoms with van der Waals surface area (Å²) in [5.74, 6) is 4.82. The lowest BCUT2D eigenvalue weighted by Crippen LogP contribution is -2.47. The van der Waals surface area contributed by atoms with Crippen LogP contribution >= 0.6 is 0 Å². The molecule has 0 aromatic carbocycles. The molecule has 1 fully saturated rings. The molecular weight excluding hydrogens is 362 g/mol. The molecule has 0 aliphatic carbocycles. The highest BCUT2D eigenvalue weighted by Crippen LogP contribution is 2.19. The number of nitrogens with one attached hydrogen (secondary N) is 2. The molecule has 1 saturated heterocycles. The molecule has 7 nitrogen and oxygen atoms in total. The Labute approximate surface area is 176 Å². The molecule has 2 N–H and O–H groups in total. The van der Waals surface area contributed by atoms with Crippen LogP contribution in [0.15, 0.2) is 4.99 Å². The van der Waals surface area contributed by atoms with Crippen LogP contribution in [0, 0.1) is 11.8 Å². The Morgan fingerprint density at radius 1 is 1.21 bits per heavy atom. The van der Waals surface area contributed by atoms with Gasteiger partial charge in [-0.2, -0.15) is 5.10 Å². The van der Waals surface area contributed by atoms with Gasteiger partial charge in [0.25, 0.3) is 0 Å². The van der Waals surface area contributed by atoms with Crippen molar-refractivity contribution >= 4 is 5.96 Å².